The average Bonchev–Trinajstić information content (AvgIpc) is 3.28. The van der Waals surface area contributed by atoms with Crippen LogP contribution >= 0.6 is 0 Å². The van der Waals surface area contributed by atoms with E-state index in [0.29, 0.717) is 22.1 Å². The largest absolute Gasteiger partial charge is 0.493 e. The first-order valence-corrected chi connectivity index (χ1v) is 11.1. The summed E-state index contributed by atoms with van der Waals surface area (Å²) in [5.41, 5.74) is 2.22. The molecule has 0 aliphatic rings. The number of carbonyl (C=O) groups is 2. The smallest absolute Gasteiger partial charge is 0.273 e. The third kappa shape index (κ3) is 5.96. The minimum atomic E-state index is -1.38. The van der Waals surface area contributed by atoms with Crippen molar-refractivity contribution >= 4 is 34.4 Å². The van der Waals surface area contributed by atoms with Crippen LogP contribution < -0.4 is 24.8 Å². The third-order valence-electron chi connectivity index (χ3n) is 4.75. The molecule has 3 aromatic rings. The lowest BCUT2D eigenvalue weighted by Gasteiger charge is -2.10. The Balaban J connectivity index is 1.64. The maximum Gasteiger partial charge on any atom is 0.273 e. The molecular formula is C22H25N5O5S. The van der Waals surface area contributed by atoms with Gasteiger partial charge in [-0.1, -0.05) is 12.1 Å². The van der Waals surface area contributed by atoms with E-state index in [1.54, 1.807) is 43.4 Å². The number of amides is 2. The van der Waals surface area contributed by atoms with Crippen LogP contribution in [0, 0.1) is 6.92 Å². The number of ether oxygens (including phenoxy) is 2. The summed E-state index contributed by atoms with van der Waals surface area (Å²) in [5.74, 6) is 0.478. The molecule has 2 amide bonds. The molecule has 1 unspecified atom stereocenters. The fraction of sp³-hybridized carbons (Fsp3) is 0.227. The van der Waals surface area contributed by atoms with Gasteiger partial charge in [-0.2, -0.15) is 0 Å². The minimum Gasteiger partial charge on any atom is -0.493 e. The normalized spacial score (nSPS) is 11.5. The van der Waals surface area contributed by atoms with E-state index in [2.05, 4.69) is 25.3 Å². The Hall–Kier alpha value is -3.70. The Morgan fingerprint density at radius 3 is 2.52 bits per heavy atom. The van der Waals surface area contributed by atoms with Gasteiger partial charge in [0.15, 0.2) is 11.5 Å². The molecule has 0 aliphatic carbocycles. The number of aromatic nitrogens is 2. The Bertz CT molecular complexity index is 1190. The number of methoxy groups -OCH3 is 2. The topological polar surface area (TPSA) is 134 Å². The Morgan fingerprint density at radius 1 is 1.06 bits per heavy atom. The molecule has 0 fully saturated rings. The molecule has 174 valence electrons. The number of aromatic amines is 1. The fourth-order valence-corrected chi connectivity index (χ4v) is 3.66. The first kappa shape index (κ1) is 24.0. The van der Waals surface area contributed by atoms with E-state index in [4.69, 9.17) is 9.47 Å². The Labute approximate surface area is 193 Å². The third-order valence-corrected chi connectivity index (χ3v) is 5.80. The molecule has 1 aromatic heterocycles. The summed E-state index contributed by atoms with van der Waals surface area (Å²) in [4.78, 5) is 32.4. The maximum atomic E-state index is 12.6. The maximum absolute atomic E-state index is 12.6. The highest BCUT2D eigenvalue weighted by atomic mass is 32.2. The van der Waals surface area contributed by atoms with Crippen molar-refractivity contribution in [1.82, 2.24) is 14.7 Å². The summed E-state index contributed by atoms with van der Waals surface area (Å²) in [6, 6.07) is 10.3. The Morgan fingerprint density at radius 2 is 1.82 bits per heavy atom. The summed E-state index contributed by atoms with van der Waals surface area (Å²) < 4.78 is 25.1. The number of hydrogen-bond donors (Lipinski definition) is 4. The number of hydrogen-bond acceptors (Lipinski definition) is 6. The van der Waals surface area contributed by atoms with Gasteiger partial charge in [0, 0.05) is 5.69 Å². The summed E-state index contributed by atoms with van der Waals surface area (Å²) in [5, 5.41) is 5.40. The number of anilines is 2. The van der Waals surface area contributed by atoms with Gasteiger partial charge >= 0.3 is 0 Å². The predicted octanol–water partition coefficient (Wildman–Crippen LogP) is 2.41. The second-order valence-corrected chi connectivity index (χ2v) is 8.38. The van der Waals surface area contributed by atoms with E-state index in [-0.39, 0.29) is 24.0 Å². The lowest BCUT2D eigenvalue weighted by Crippen LogP contribution is -2.17. The summed E-state index contributed by atoms with van der Waals surface area (Å²) in [6.07, 6.45) is 1.41. The van der Waals surface area contributed by atoms with Crippen LogP contribution in [0.15, 0.2) is 47.5 Å². The molecule has 0 aliphatic heterocycles. The van der Waals surface area contributed by atoms with Gasteiger partial charge in [0.1, 0.15) is 16.7 Å². The average molecular weight is 472 g/mol. The van der Waals surface area contributed by atoms with E-state index in [0.717, 1.165) is 11.1 Å². The number of rotatable bonds is 9. The first-order valence-electron chi connectivity index (χ1n) is 9.91. The van der Waals surface area contributed by atoms with Crippen molar-refractivity contribution in [2.45, 2.75) is 18.2 Å². The molecule has 2 aromatic carbocycles. The molecule has 0 radical (unpaired) electrons. The van der Waals surface area contributed by atoms with Crippen LogP contribution in [-0.4, -0.2) is 47.3 Å². The van der Waals surface area contributed by atoms with Gasteiger partial charge in [0.05, 0.1) is 31.7 Å². The number of nitrogens with one attached hydrogen (secondary N) is 4. The zero-order valence-corrected chi connectivity index (χ0v) is 19.5. The van der Waals surface area contributed by atoms with Gasteiger partial charge in [-0.25, -0.2) is 13.9 Å². The number of carbonyl (C=O) groups excluding carboxylic acids is 2. The minimum absolute atomic E-state index is 0.0805. The number of aryl methyl sites for hydroxylation is 1. The molecule has 0 bridgehead atoms. The van der Waals surface area contributed by atoms with Crippen molar-refractivity contribution < 1.29 is 23.3 Å². The summed E-state index contributed by atoms with van der Waals surface area (Å²) in [6.45, 7) is 1.83. The van der Waals surface area contributed by atoms with Crippen LogP contribution in [-0.2, 0) is 22.2 Å². The van der Waals surface area contributed by atoms with Gasteiger partial charge in [0.2, 0.25) is 11.9 Å². The number of H-pyrrole nitrogens is 1. The molecule has 4 N–H and O–H groups in total. The molecule has 0 spiro atoms. The molecule has 0 saturated carbocycles. The van der Waals surface area contributed by atoms with E-state index in [1.807, 2.05) is 6.92 Å². The number of nitrogens with zero attached hydrogens (tertiary/aromatic N) is 1. The molecule has 0 saturated heterocycles. The van der Waals surface area contributed by atoms with Crippen LogP contribution in [0.25, 0.3) is 0 Å². The predicted molar refractivity (Wildman–Crippen MR) is 125 cm³/mol. The standard InChI is InChI=1S/C22H25N5O5S/c1-13-5-7-15(33(30)23-2)11-16(13)25-21(29)17-12-24-22(26-17)27-20(28)10-14-6-8-18(31-3)19(9-14)32-4/h5-9,11-12,23H,10H2,1-4H3,(H,25,29)(H2,24,26,27,28). The van der Waals surface area contributed by atoms with E-state index in [1.165, 1.54) is 20.4 Å². The number of imidazole rings is 1. The van der Waals surface area contributed by atoms with Crippen LogP contribution in [0.1, 0.15) is 21.6 Å². The highest BCUT2D eigenvalue weighted by Crippen LogP contribution is 2.27. The zero-order valence-electron chi connectivity index (χ0n) is 18.6. The highest BCUT2D eigenvalue weighted by molar-refractivity contribution is 7.83. The van der Waals surface area contributed by atoms with E-state index >= 15 is 0 Å². The van der Waals surface area contributed by atoms with Crippen molar-refractivity contribution in [2.24, 2.45) is 0 Å². The number of benzene rings is 2. The molecule has 3 rings (SSSR count). The van der Waals surface area contributed by atoms with Gasteiger partial charge in [0.25, 0.3) is 5.91 Å². The van der Waals surface area contributed by atoms with Gasteiger partial charge in [-0.05, 0) is 49.4 Å². The van der Waals surface area contributed by atoms with Crippen molar-refractivity contribution in [2.75, 3.05) is 31.9 Å². The zero-order chi connectivity index (χ0) is 24.0. The van der Waals surface area contributed by atoms with Crippen LogP contribution in [0.3, 0.4) is 0 Å². The van der Waals surface area contributed by atoms with Crippen molar-refractivity contribution in [3.8, 4) is 11.5 Å². The monoisotopic (exact) mass is 471 g/mol. The van der Waals surface area contributed by atoms with Gasteiger partial charge in [-0.15, -0.1) is 0 Å². The lowest BCUT2D eigenvalue weighted by molar-refractivity contribution is -0.115. The van der Waals surface area contributed by atoms with E-state index < -0.39 is 16.9 Å². The molecule has 33 heavy (non-hydrogen) atoms. The second-order valence-electron chi connectivity index (χ2n) is 6.96. The SMILES string of the molecule is CNS(=O)c1ccc(C)c(NC(=O)c2cnc(NC(=O)Cc3ccc(OC)c(OC)c3)[nH]2)c1. The fourth-order valence-electron chi connectivity index (χ4n) is 3.01. The van der Waals surface area contributed by atoms with Gasteiger partial charge < -0.3 is 19.8 Å². The van der Waals surface area contributed by atoms with E-state index in [9.17, 15) is 13.8 Å². The second kappa shape index (κ2) is 10.7. The van der Waals surface area contributed by atoms with Crippen molar-refractivity contribution in [3.63, 3.8) is 0 Å². The first-order chi connectivity index (χ1) is 15.8. The summed E-state index contributed by atoms with van der Waals surface area (Å²) in [7, 11) is 3.27. The molecule has 11 heteroatoms. The lowest BCUT2D eigenvalue weighted by atomic mass is 10.1. The molecular weight excluding hydrogens is 446 g/mol. The van der Waals surface area contributed by atoms with Crippen molar-refractivity contribution in [1.29, 1.82) is 0 Å². The van der Waals surface area contributed by atoms with Crippen LogP contribution in [0.2, 0.25) is 0 Å². The van der Waals surface area contributed by atoms with Gasteiger partial charge in [-0.3, -0.25) is 14.9 Å². The summed E-state index contributed by atoms with van der Waals surface area (Å²) >= 11 is 0. The molecule has 1 atom stereocenters. The Kier molecular flexibility index (Phi) is 7.80. The molecule has 1 heterocycles. The van der Waals surface area contributed by atoms with Crippen LogP contribution in [0.4, 0.5) is 11.6 Å². The van der Waals surface area contributed by atoms with Crippen LogP contribution in [0.5, 0.6) is 11.5 Å². The highest BCUT2D eigenvalue weighted by Gasteiger charge is 2.15. The van der Waals surface area contributed by atoms with Crippen molar-refractivity contribution in [3.05, 3.63) is 59.4 Å². The quantitative estimate of drug-likeness (QED) is 0.379. The molecule has 10 nitrogen and oxygen atoms in total.